The second-order valence-corrected chi connectivity index (χ2v) is 7.29. The van der Waals surface area contributed by atoms with Crippen molar-refractivity contribution in [1.82, 2.24) is 19.9 Å². The fourth-order valence-electron chi connectivity index (χ4n) is 3.53. The van der Waals surface area contributed by atoms with Crippen LogP contribution >= 0.6 is 11.3 Å². The SMILES string of the molecule is c1ccc(-c2csc3ncnc(N4CCN(c5cnccn5)CC4)c23)cc1. The lowest BCUT2D eigenvalue weighted by atomic mass is 10.1. The molecule has 0 saturated carbocycles. The van der Waals surface area contributed by atoms with Crippen molar-refractivity contribution in [2.45, 2.75) is 0 Å². The van der Waals surface area contributed by atoms with Crippen molar-refractivity contribution in [3.05, 3.63) is 60.6 Å². The summed E-state index contributed by atoms with van der Waals surface area (Å²) >= 11 is 1.68. The molecule has 0 atom stereocenters. The van der Waals surface area contributed by atoms with E-state index in [1.807, 2.05) is 12.3 Å². The Balaban J connectivity index is 1.47. The number of thiophene rings is 1. The van der Waals surface area contributed by atoms with Crippen LogP contribution in [0.2, 0.25) is 0 Å². The van der Waals surface area contributed by atoms with E-state index in [0.29, 0.717) is 0 Å². The molecule has 5 rings (SSSR count). The predicted molar refractivity (Wildman–Crippen MR) is 109 cm³/mol. The first-order chi connectivity index (χ1) is 13.4. The van der Waals surface area contributed by atoms with Crippen LogP contribution in [0.5, 0.6) is 0 Å². The Morgan fingerprint density at radius 1 is 0.852 bits per heavy atom. The molecule has 0 aliphatic carbocycles. The van der Waals surface area contributed by atoms with Crippen LogP contribution in [0.3, 0.4) is 0 Å². The van der Waals surface area contributed by atoms with E-state index in [0.717, 1.165) is 48.0 Å². The maximum absolute atomic E-state index is 4.66. The number of fused-ring (bicyclic) bond motifs is 1. The summed E-state index contributed by atoms with van der Waals surface area (Å²) in [7, 11) is 0. The fraction of sp³-hybridized carbons (Fsp3) is 0.200. The smallest absolute Gasteiger partial charge is 0.147 e. The van der Waals surface area contributed by atoms with Gasteiger partial charge in [-0.15, -0.1) is 11.3 Å². The van der Waals surface area contributed by atoms with Gasteiger partial charge in [0.15, 0.2) is 0 Å². The largest absolute Gasteiger partial charge is 0.352 e. The number of aromatic nitrogens is 4. The van der Waals surface area contributed by atoms with Gasteiger partial charge in [0.25, 0.3) is 0 Å². The summed E-state index contributed by atoms with van der Waals surface area (Å²) < 4.78 is 0. The fourth-order valence-corrected chi connectivity index (χ4v) is 4.44. The molecule has 1 aromatic carbocycles. The molecule has 0 spiro atoms. The number of anilines is 2. The summed E-state index contributed by atoms with van der Waals surface area (Å²) in [5, 5.41) is 3.34. The van der Waals surface area contributed by atoms with E-state index in [2.05, 4.69) is 59.4 Å². The van der Waals surface area contributed by atoms with Gasteiger partial charge in [0.2, 0.25) is 0 Å². The highest BCUT2D eigenvalue weighted by Gasteiger charge is 2.23. The van der Waals surface area contributed by atoms with E-state index in [4.69, 9.17) is 0 Å². The molecule has 0 radical (unpaired) electrons. The Morgan fingerprint density at radius 3 is 2.44 bits per heavy atom. The second-order valence-electron chi connectivity index (χ2n) is 6.43. The van der Waals surface area contributed by atoms with E-state index in [9.17, 15) is 0 Å². The first-order valence-corrected chi connectivity index (χ1v) is 9.81. The molecule has 1 saturated heterocycles. The number of nitrogens with zero attached hydrogens (tertiary/aromatic N) is 6. The molecule has 27 heavy (non-hydrogen) atoms. The van der Waals surface area contributed by atoms with Crippen LogP contribution in [0.15, 0.2) is 60.6 Å². The summed E-state index contributed by atoms with van der Waals surface area (Å²) in [6.07, 6.45) is 6.95. The molecule has 134 valence electrons. The summed E-state index contributed by atoms with van der Waals surface area (Å²) in [5.74, 6) is 1.96. The molecule has 4 aromatic rings. The molecule has 0 bridgehead atoms. The number of benzene rings is 1. The Kier molecular flexibility index (Phi) is 4.14. The third-order valence-corrected chi connectivity index (χ3v) is 5.77. The van der Waals surface area contributed by atoms with Gasteiger partial charge in [-0.2, -0.15) is 0 Å². The average Bonchev–Trinajstić information content (AvgIpc) is 3.20. The lowest BCUT2D eigenvalue weighted by Gasteiger charge is -2.36. The number of piperazine rings is 1. The Bertz CT molecular complexity index is 1040. The normalized spacial score (nSPS) is 14.7. The molecule has 0 unspecified atom stereocenters. The van der Waals surface area contributed by atoms with Crippen molar-refractivity contribution < 1.29 is 0 Å². The maximum atomic E-state index is 4.66. The molecular formula is C20H18N6S. The van der Waals surface area contributed by atoms with Crippen LogP contribution in [0, 0.1) is 0 Å². The minimum atomic E-state index is 0.896. The molecule has 3 aromatic heterocycles. The van der Waals surface area contributed by atoms with Crippen LogP contribution in [0.25, 0.3) is 21.3 Å². The van der Waals surface area contributed by atoms with Crippen LogP contribution in [-0.2, 0) is 0 Å². The minimum Gasteiger partial charge on any atom is -0.352 e. The highest BCUT2D eigenvalue weighted by atomic mass is 32.1. The van der Waals surface area contributed by atoms with Crippen LogP contribution in [0.4, 0.5) is 11.6 Å². The molecule has 4 heterocycles. The van der Waals surface area contributed by atoms with E-state index < -0.39 is 0 Å². The molecule has 1 aliphatic heterocycles. The summed E-state index contributed by atoms with van der Waals surface area (Å²) in [4.78, 5) is 23.4. The average molecular weight is 374 g/mol. The first-order valence-electron chi connectivity index (χ1n) is 8.94. The standard InChI is InChI=1S/C20H18N6S/c1-2-4-15(5-3-1)16-13-27-20-18(16)19(23-14-24-20)26-10-8-25(9-11-26)17-12-21-6-7-22-17/h1-7,12-14H,8-11H2. The van der Waals surface area contributed by atoms with E-state index in [-0.39, 0.29) is 0 Å². The van der Waals surface area contributed by atoms with Crippen molar-refractivity contribution in [3.63, 3.8) is 0 Å². The van der Waals surface area contributed by atoms with Gasteiger partial charge < -0.3 is 9.80 Å². The van der Waals surface area contributed by atoms with Crippen molar-refractivity contribution >= 4 is 33.2 Å². The molecule has 7 heteroatoms. The van der Waals surface area contributed by atoms with Crippen molar-refractivity contribution in [3.8, 4) is 11.1 Å². The Morgan fingerprint density at radius 2 is 1.67 bits per heavy atom. The van der Waals surface area contributed by atoms with Crippen molar-refractivity contribution in [2.24, 2.45) is 0 Å². The van der Waals surface area contributed by atoms with Gasteiger partial charge in [-0.3, -0.25) is 4.98 Å². The first kappa shape index (κ1) is 16.1. The quantitative estimate of drug-likeness (QED) is 0.547. The van der Waals surface area contributed by atoms with Crippen LogP contribution < -0.4 is 9.80 Å². The monoisotopic (exact) mass is 374 g/mol. The van der Waals surface area contributed by atoms with Gasteiger partial charge in [0, 0.05) is 49.5 Å². The molecule has 1 fully saturated rings. The van der Waals surface area contributed by atoms with Crippen LogP contribution in [0.1, 0.15) is 0 Å². The van der Waals surface area contributed by atoms with Gasteiger partial charge in [-0.05, 0) is 5.56 Å². The minimum absolute atomic E-state index is 0.896. The predicted octanol–water partition coefficient (Wildman–Crippen LogP) is 3.47. The summed E-state index contributed by atoms with van der Waals surface area (Å²) in [5.41, 5.74) is 2.42. The zero-order chi connectivity index (χ0) is 18.1. The van der Waals surface area contributed by atoms with Crippen molar-refractivity contribution in [1.29, 1.82) is 0 Å². The molecular weight excluding hydrogens is 356 g/mol. The van der Waals surface area contributed by atoms with E-state index in [1.165, 1.54) is 11.1 Å². The maximum Gasteiger partial charge on any atom is 0.147 e. The topological polar surface area (TPSA) is 58.0 Å². The Labute approximate surface area is 161 Å². The van der Waals surface area contributed by atoms with Gasteiger partial charge >= 0.3 is 0 Å². The number of hydrogen-bond acceptors (Lipinski definition) is 7. The van der Waals surface area contributed by atoms with Gasteiger partial charge in [-0.1, -0.05) is 30.3 Å². The van der Waals surface area contributed by atoms with Crippen LogP contribution in [-0.4, -0.2) is 46.1 Å². The molecule has 1 aliphatic rings. The molecule has 0 amide bonds. The lowest BCUT2D eigenvalue weighted by molar-refractivity contribution is 0.642. The third kappa shape index (κ3) is 3.00. The molecule has 0 N–H and O–H groups in total. The lowest BCUT2D eigenvalue weighted by Crippen LogP contribution is -2.47. The highest BCUT2D eigenvalue weighted by Crippen LogP contribution is 2.38. The summed E-state index contributed by atoms with van der Waals surface area (Å²) in [6.45, 7) is 3.59. The second kappa shape index (κ2) is 6.92. The van der Waals surface area contributed by atoms with E-state index in [1.54, 1.807) is 30.1 Å². The number of rotatable bonds is 3. The Hall–Kier alpha value is -3.06. The summed E-state index contributed by atoms with van der Waals surface area (Å²) in [6, 6.07) is 10.5. The van der Waals surface area contributed by atoms with Gasteiger partial charge in [0.1, 0.15) is 22.8 Å². The third-order valence-electron chi connectivity index (χ3n) is 4.89. The van der Waals surface area contributed by atoms with Crippen molar-refractivity contribution in [2.75, 3.05) is 36.0 Å². The zero-order valence-corrected chi connectivity index (χ0v) is 15.5. The highest BCUT2D eigenvalue weighted by molar-refractivity contribution is 7.17. The zero-order valence-electron chi connectivity index (χ0n) is 14.7. The number of hydrogen-bond donors (Lipinski definition) is 0. The molecule has 6 nitrogen and oxygen atoms in total. The van der Waals surface area contributed by atoms with Gasteiger partial charge in [0.05, 0.1) is 11.6 Å². The van der Waals surface area contributed by atoms with Gasteiger partial charge in [-0.25, -0.2) is 15.0 Å². The van der Waals surface area contributed by atoms with E-state index >= 15 is 0 Å².